The normalized spacial score (nSPS) is 12.8. The molecule has 0 spiro atoms. The third kappa shape index (κ3) is 3.01. The topological polar surface area (TPSA) is 75.5 Å². The number of nitro groups is 1. The van der Waals surface area contributed by atoms with Crippen LogP contribution in [0.3, 0.4) is 0 Å². The summed E-state index contributed by atoms with van der Waals surface area (Å²) in [5, 5.41) is 13.8. The number of nitrogens with one attached hydrogen (secondary N) is 1. The Kier molecular flexibility index (Phi) is 3.97. The van der Waals surface area contributed by atoms with E-state index >= 15 is 0 Å². The summed E-state index contributed by atoms with van der Waals surface area (Å²) in [5.74, 6) is -0.251. The molecule has 6 nitrogen and oxygen atoms in total. The lowest BCUT2D eigenvalue weighted by Gasteiger charge is -2.19. The van der Waals surface area contributed by atoms with Gasteiger partial charge in [0, 0.05) is 18.3 Å². The summed E-state index contributed by atoms with van der Waals surface area (Å²) in [6, 6.07) is 12.7. The number of benzene rings is 2. The minimum Gasteiger partial charge on any atom is -0.362 e. The largest absolute Gasteiger partial charge is 0.362 e. The molecule has 0 aliphatic carbocycles. The zero-order chi connectivity index (χ0) is 16.4. The van der Waals surface area contributed by atoms with E-state index in [9.17, 15) is 14.9 Å². The highest BCUT2D eigenvalue weighted by atomic mass is 16.6. The number of rotatable bonds is 4. The lowest BCUT2D eigenvalue weighted by atomic mass is 10.1. The molecule has 1 amide bonds. The summed E-state index contributed by atoms with van der Waals surface area (Å²) in [6.45, 7) is 2.71. The van der Waals surface area contributed by atoms with Gasteiger partial charge in [-0.1, -0.05) is 30.3 Å². The molecule has 2 aromatic carbocycles. The number of anilines is 2. The third-order valence-electron chi connectivity index (χ3n) is 4.03. The van der Waals surface area contributed by atoms with Crippen LogP contribution in [0, 0.1) is 17.0 Å². The van der Waals surface area contributed by atoms with Crippen molar-refractivity contribution in [3.8, 4) is 0 Å². The molecule has 6 heteroatoms. The van der Waals surface area contributed by atoms with Gasteiger partial charge in [-0.2, -0.15) is 0 Å². The number of aryl methyl sites for hydroxylation is 1. The fraction of sp³-hybridized carbons (Fsp3) is 0.235. The van der Waals surface area contributed by atoms with Crippen LogP contribution in [0.2, 0.25) is 0 Å². The number of fused-ring (bicyclic) bond motifs is 1. The zero-order valence-electron chi connectivity index (χ0n) is 12.8. The first kappa shape index (κ1) is 15.0. The molecular formula is C17H17N3O3. The van der Waals surface area contributed by atoms with Gasteiger partial charge in [-0.25, -0.2) is 0 Å². The van der Waals surface area contributed by atoms with Gasteiger partial charge in [0.2, 0.25) is 5.91 Å². The summed E-state index contributed by atoms with van der Waals surface area (Å²) in [7, 11) is 0. The molecule has 3 rings (SSSR count). The first-order valence-electron chi connectivity index (χ1n) is 7.43. The first-order valence-corrected chi connectivity index (χ1v) is 7.43. The van der Waals surface area contributed by atoms with Crippen LogP contribution in [0.5, 0.6) is 0 Å². The number of nitrogens with zero attached hydrogens (tertiary/aromatic N) is 2. The Morgan fingerprint density at radius 1 is 1.26 bits per heavy atom. The van der Waals surface area contributed by atoms with Gasteiger partial charge in [0.05, 0.1) is 11.5 Å². The molecule has 0 bridgehead atoms. The molecule has 0 radical (unpaired) electrons. The third-order valence-corrected chi connectivity index (χ3v) is 4.03. The Labute approximate surface area is 133 Å². The second-order valence-corrected chi connectivity index (χ2v) is 5.57. The van der Waals surface area contributed by atoms with E-state index in [1.165, 1.54) is 11.6 Å². The number of amides is 1. The molecule has 0 atom stereocenters. The quantitative estimate of drug-likeness (QED) is 0.696. The number of nitro benzene ring substituents is 1. The van der Waals surface area contributed by atoms with E-state index in [4.69, 9.17) is 0 Å². The van der Waals surface area contributed by atoms with Crippen molar-refractivity contribution in [3.05, 3.63) is 63.7 Å². The Balaban J connectivity index is 1.76. The summed E-state index contributed by atoms with van der Waals surface area (Å²) in [6.07, 6.45) is 0.911. The van der Waals surface area contributed by atoms with Gasteiger partial charge in [0.15, 0.2) is 0 Å². The zero-order valence-corrected chi connectivity index (χ0v) is 12.8. The molecule has 2 aromatic rings. The minimum atomic E-state index is -0.478. The molecule has 1 aliphatic heterocycles. The number of para-hydroxylation sites is 2. The van der Waals surface area contributed by atoms with Gasteiger partial charge < -0.3 is 10.2 Å². The van der Waals surface area contributed by atoms with Crippen molar-refractivity contribution in [1.82, 2.24) is 0 Å². The predicted octanol–water partition coefficient (Wildman–Crippen LogP) is 2.90. The monoisotopic (exact) mass is 311 g/mol. The van der Waals surface area contributed by atoms with Crippen molar-refractivity contribution in [3.63, 3.8) is 0 Å². The SMILES string of the molecule is Cc1cccc([N+](=O)[O-])c1NC(=O)CN1CCc2ccccc21. The lowest BCUT2D eigenvalue weighted by Crippen LogP contribution is -2.32. The second kappa shape index (κ2) is 6.08. The van der Waals surface area contributed by atoms with Crippen molar-refractivity contribution in [1.29, 1.82) is 0 Å². The first-order chi connectivity index (χ1) is 11.1. The molecule has 118 valence electrons. The van der Waals surface area contributed by atoms with Crippen molar-refractivity contribution in [2.24, 2.45) is 0 Å². The van der Waals surface area contributed by atoms with Gasteiger partial charge >= 0.3 is 0 Å². The molecule has 0 saturated carbocycles. The van der Waals surface area contributed by atoms with Crippen LogP contribution < -0.4 is 10.2 Å². The average molecular weight is 311 g/mol. The van der Waals surface area contributed by atoms with Crippen LogP contribution in [0.4, 0.5) is 17.1 Å². The van der Waals surface area contributed by atoms with Gasteiger partial charge in [-0.3, -0.25) is 14.9 Å². The van der Waals surface area contributed by atoms with E-state index < -0.39 is 4.92 Å². The van der Waals surface area contributed by atoms with E-state index in [-0.39, 0.29) is 23.8 Å². The van der Waals surface area contributed by atoms with E-state index in [0.29, 0.717) is 5.56 Å². The molecule has 0 aromatic heterocycles. The maximum Gasteiger partial charge on any atom is 0.293 e. The van der Waals surface area contributed by atoms with E-state index in [1.54, 1.807) is 19.1 Å². The van der Waals surface area contributed by atoms with Crippen molar-refractivity contribution in [2.45, 2.75) is 13.3 Å². The Bertz CT molecular complexity index is 773. The molecule has 0 unspecified atom stereocenters. The molecule has 0 saturated heterocycles. The standard InChI is InChI=1S/C17H17N3O3/c1-12-5-4-8-15(20(22)23)17(12)18-16(21)11-19-10-9-13-6-2-3-7-14(13)19/h2-8H,9-11H2,1H3,(H,18,21). The van der Waals surface area contributed by atoms with Crippen LogP contribution in [0.1, 0.15) is 11.1 Å². The van der Waals surface area contributed by atoms with Gasteiger partial charge in [-0.05, 0) is 30.5 Å². The maximum atomic E-state index is 12.3. The Morgan fingerprint density at radius 3 is 2.83 bits per heavy atom. The van der Waals surface area contributed by atoms with Crippen LogP contribution in [0.25, 0.3) is 0 Å². The fourth-order valence-corrected chi connectivity index (χ4v) is 2.89. The maximum absolute atomic E-state index is 12.3. The van der Waals surface area contributed by atoms with Crippen LogP contribution in [0.15, 0.2) is 42.5 Å². The Hall–Kier alpha value is -2.89. The summed E-state index contributed by atoms with van der Waals surface area (Å²) >= 11 is 0. The highest BCUT2D eigenvalue weighted by Gasteiger charge is 2.22. The molecule has 23 heavy (non-hydrogen) atoms. The van der Waals surface area contributed by atoms with E-state index in [2.05, 4.69) is 11.4 Å². The van der Waals surface area contributed by atoms with Crippen molar-refractivity contribution < 1.29 is 9.72 Å². The molecule has 1 aliphatic rings. The van der Waals surface area contributed by atoms with Crippen LogP contribution in [-0.4, -0.2) is 23.9 Å². The Morgan fingerprint density at radius 2 is 2.04 bits per heavy atom. The van der Waals surface area contributed by atoms with Gasteiger partial charge in [0.1, 0.15) is 5.69 Å². The fourth-order valence-electron chi connectivity index (χ4n) is 2.89. The summed E-state index contributed by atoms with van der Waals surface area (Å²) < 4.78 is 0. The molecule has 1 heterocycles. The lowest BCUT2D eigenvalue weighted by molar-refractivity contribution is -0.384. The average Bonchev–Trinajstić information content (AvgIpc) is 2.92. The molecule has 0 fully saturated rings. The molecule has 1 N–H and O–H groups in total. The second-order valence-electron chi connectivity index (χ2n) is 5.57. The van der Waals surface area contributed by atoms with Gasteiger partial charge in [0.25, 0.3) is 5.69 Å². The van der Waals surface area contributed by atoms with E-state index in [1.807, 2.05) is 23.1 Å². The van der Waals surface area contributed by atoms with Crippen LogP contribution in [-0.2, 0) is 11.2 Å². The highest BCUT2D eigenvalue weighted by molar-refractivity contribution is 5.97. The van der Waals surface area contributed by atoms with E-state index in [0.717, 1.165) is 18.7 Å². The predicted molar refractivity (Wildman–Crippen MR) is 88.8 cm³/mol. The number of carbonyl (C=O) groups excluding carboxylic acids is 1. The smallest absolute Gasteiger partial charge is 0.293 e. The summed E-state index contributed by atoms with van der Waals surface area (Å²) in [4.78, 5) is 25.0. The van der Waals surface area contributed by atoms with Crippen molar-refractivity contribution >= 4 is 23.0 Å². The minimum absolute atomic E-state index is 0.0832. The van der Waals surface area contributed by atoms with Gasteiger partial charge in [-0.15, -0.1) is 0 Å². The van der Waals surface area contributed by atoms with Crippen LogP contribution >= 0.6 is 0 Å². The van der Waals surface area contributed by atoms with Crippen molar-refractivity contribution in [2.75, 3.05) is 23.3 Å². The summed E-state index contributed by atoms with van der Waals surface area (Å²) in [5.41, 5.74) is 3.15. The molecular weight excluding hydrogens is 294 g/mol. The number of hydrogen-bond donors (Lipinski definition) is 1. The number of carbonyl (C=O) groups is 1. The highest BCUT2D eigenvalue weighted by Crippen LogP contribution is 2.29. The number of hydrogen-bond acceptors (Lipinski definition) is 4.